The van der Waals surface area contributed by atoms with Gasteiger partial charge in [-0.1, -0.05) is 30.1 Å². The Hall–Kier alpha value is -3.85. The lowest BCUT2D eigenvalue weighted by Crippen LogP contribution is -2.40. The Balaban J connectivity index is 1.93. The number of fused-ring (bicyclic) bond motifs is 1. The van der Waals surface area contributed by atoms with Crippen LogP contribution in [0.3, 0.4) is 0 Å². The minimum Gasteiger partial charge on any atom is -0.490 e. The van der Waals surface area contributed by atoms with Crippen LogP contribution in [-0.2, 0) is 9.53 Å². The predicted octanol–water partition coefficient (Wildman–Crippen LogP) is 3.66. The van der Waals surface area contributed by atoms with Crippen molar-refractivity contribution in [2.75, 3.05) is 19.8 Å². The van der Waals surface area contributed by atoms with Gasteiger partial charge in [-0.2, -0.15) is 0 Å². The second kappa shape index (κ2) is 10.8. The lowest BCUT2D eigenvalue weighted by Gasteiger charge is -2.25. The van der Waals surface area contributed by atoms with Crippen molar-refractivity contribution in [3.05, 3.63) is 91.0 Å². The third-order valence-corrected chi connectivity index (χ3v) is 6.47. The van der Waals surface area contributed by atoms with Crippen LogP contribution in [0.15, 0.2) is 68.5 Å². The third-order valence-electron chi connectivity index (χ3n) is 5.49. The Labute approximate surface area is 212 Å². The van der Waals surface area contributed by atoms with Crippen LogP contribution in [0.5, 0.6) is 11.5 Å². The molecule has 0 radical (unpaired) electrons. The van der Waals surface area contributed by atoms with Gasteiger partial charge in [-0.3, -0.25) is 9.36 Å². The summed E-state index contributed by atoms with van der Waals surface area (Å²) in [7, 11) is 0. The fraction of sp³-hybridized carbons (Fsp3) is 0.296. The molecule has 4 rings (SSSR count). The largest absolute Gasteiger partial charge is 0.490 e. The van der Waals surface area contributed by atoms with Gasteiger partial charge in [0.1, 0.15) is 18.1 Å². The summed E-state index contributed by atoms with van der Waals surface area (Å²) in [6, 6.07) is 8.25. The number of hydrogen-bond acceptors (Lipinski definition) is 8. The number of aromatic nitrogens is 1. The first-order chi connectivity index (χ1) is 17.4. The molecule has 0 saturated heterocycles. The van der Waals surface area contributed by atoms with Gasteiger partial charge < -0.3 is 18.6 Å². The monoisotopic (exact) mass is 508 g/mol. The summed E-state index contributed by atoms with van der Waals surface area (Å²) in [5.74, 6) is 1.83. The normalized spacial score (nSPS) is 15.3. The number of carbonyl (C=O) groups excluding carboxylic acids is 1. The fourth-order valence-corrected chi connectivity index (χ4v) is 5.02. The van der Waals surface area contributed by atoms with Gasteiger partial charge >= 0.3 is 5.97 Å². The van der Waals surface area contributed by atoms with Crippen molar-refractivity contribution in [2.24, 2.45) is 4.99 Å². The van der Waals surface area contributed by atoms with Gasteiger partial charge in [0.25, 0.3) is 5.56 Å². The number of carbonyl (C=O) groups is 1. The van der Waals surface area contributed by atoms with Crippen LogP contribution in [0.4, 0.5) is 0 Å². The molecule has 3 heterocycles. The van der Waals surface area contributed by atoms with Gasteiger partial charge in [-0.05, 0) is 57.5 Å². The van der Waals surface area contributed by atoms with Gasteiger partial charge in [0.15, 0.2) is 16.3 Å². The number of allylic oxidation sites excluding steroid dienone is 1. The number of thiazole rings is 1. The molecule has 36 heavy (non-hydrogen) atoms. The van der Waals surface area contributed by atoms with Crippen LogP contribution in [0.25, 0.3) is 6.08 Å². The van der Waals surface area contributed by atoms with Crippen molar-refractivity contribution < 1.29 is 23.4 Å². The lowest BCUT2D eigenvalue weighted by atomic mass is 9.95. The number of esters is 1. The summed E-state index contributed by atoms with van der Waals surface area (Å²) in [4.78, 5) is 31.8. The van der Waals surface area contributed by atoms with Crippen LogP contribution < -0.4 is 24.4 Å². The van der Waals surface area contributed by atoms with Crippen LogP contribution in [0, 0.1) is 6.92 Å². The van der Waals surface area contributed by atoms with Gasteiger partial charge in [0.05, 0.1) is 35.1 Å². The maximum absolute atomic E-state index is 13.7. The van der Waals surface area contributed by atoms with Crippen LogP contribution >= 0.6 is 11.3 Å². The zero-order valence-corrected chi connectivity index (χ0v) is 21.5. The molecule has 0 unspecified atom stereocenters. The number of ether oxygens (including phenoxy) is 3. The molecule has 0 spiro atoms. The highest BCUT2D eigenvalue weighted by Crippen LogP contribution is 2.36. The summed E-state index contributed by atoms with van der Waals surface area (Å²) in [6.45, 7) is 11.8. The van der Waals surface area contributed by atoms with Gasteiger partial charge in [0, 0.05) is 6.08 Å². The number of furan rings is 1. The van der Waals surface area contributed by atoms with E-state index < -0.39 is 12.0 Å². The zero-order valence-electron chi connectivity index (χ0n) is 20.7. The van der Waals surface area contributed by atoms with Crippen molar-refractivity contribution in [3.63, 3.8) is 0 Å². The SMILES string of the molecule is C=CCOc1ccc([C@@H]2C(C(=O)OCC)=C(C)N=c3s/c(=C\c4ccc(C)o4)c(=O)n32)cc1OCC. The van der Waals surface area contributed by atoms with Crippen LogP contribution in [0.2, 0.25) is 0 Å². The molecule has 1 aromatic carbocycles. The standard InChI is InChI=1S/C27H28N2O6S/c1-6-13-34-20-12-10-18(14-21(20)32-7-2)24-23(26(31)33-8-3)17(5)28-27-29(24)25(30)22(36-27)15-19-11-9-16(4)35-19/h6,9-12,14-15,24H,1,7-8,13H2,2-5H3/b22-15-/t24-/m1/s1. The Morgan fingerprint density at radius 1 is 1.17 bits per heavy atom. The number of nitrogens with zero attached hydrogens (tertiary/aromatic N) is 2. The van der Waals surface area contributed by atoms with E-state index in [9.17, 15) is 9.59 Å². The average Bonchev–Trinajstić information content (AvgIpc) is 3.39. The highest BCUT2D eigenvalue weighted by atomic mass is 32.1. The highest BCUT2D eigenvalue weighted by Gasteiger charge is 2.34. The summed E-state index contributed by atoms with van der Waals surface area (Å²) in [5, 5.41) is 0. The van der Waals surface area contributed by atoms with E-state index in [4.69, 9.17) is 18.6 Å². The molecule has 0 bridgehead atoms. The Bertz CT molecular complexity index is 1510. The maximum Gasteiger partial charge on any atom is 0.338 e. The number of aryl methyl sites for hydroxylation is 1. The molecule has 3 aromatic rings. The van der Waals surface area contributed by atoms with E-state index in [2.05, 4.69) is 11.6 Å². The van der Waals surface area contributed by atoms with E-state index in [0.717, 1.165) is 5.76 Å². The average molecular weight is 509 g/mol. The Morgan fingerprint density at radius 3 is 2.64 bits per heavy atom. The van der Waals surface area contributed by atoms with Crippen LogP contribution in [-0.4, -0.2) is 30.4 Å². The third kappa shape index (κ3) is 4.92. The number of benzene rings is 1. The minimum atomic E-state index is -0.756. The molecule has 0 fully saturated rings. The molecule has 1 aliphatic rings. The highest BCUT2D eigenvalue weighted by molar-refractivity contribution is 7.07. The molecule has 1 aliphatic heterocycles. The van der Waals surface area contributed by atoms with E-state index in [1.54, 1.807) is 44.2 Å². The summed E-state index contributed by atoms with van der Waals surface area (Å²) in [6.07, 6.45) is 3.34. The fourth-order valence-electron chi connectivity index (χ4n) is 4.00. The molecule has 0 amide bonds. The Morgan fingerprint density at radius 2 is 1.97 bits per heavy atom. The second-order valence-electron chi connectivity index (χ2n) is 7.99. The number of rotatable bonds is 9. The van der Waals surface area contributed by atoms with Crippen molar-refractivity contribution in [3.8, 4) is 11.5 Å². The van der Waals surface area contributed by atoms with Crippen molar-refractivity contribution in [2.45, 2.75) is 33.7 Å². The zero-order chi connectivity index (χ0) is 25.8. The summed E-state index contributed by atoms with van der Waals surface area (Å²) < 4.78 is 24.5. The molecule has 8 nitrogen and oxygen atoms in total. The quantitative estimate of drug-likeness (QED) is 0.324. The molecular formula is C27H28N2O6S. The molecular weight excluding hydrogens is 480 g/mol. The summed E-state index contributed by atoms with van der Waals surface area (Å²) in [5.41, 5.74) is 1.18. The molecule has 0 N–H and O–H groups in total. The van der Waals surface area contributed by atoms with Gasteiger partial charge in [0.2, 0.25) is 0 Å². The smallest absolute Gasteiger partial charge is 0.338 e. The first-order valence-corrected chi connectivity index (χ1v) is 12.5. The van der Waals surface area contributed by atoms with Gasteiger partial charge in [-0.25, -0.2) is 9.79 Å². The maximum atomic E-state index is 13.7. The Kier molecular flexibility index (Phi) is 7.59. The topological polar surface area (TPSA) is 92.3 Å². The van der Waals surface area contributed by atoms with Crippen molar-refractivity contribution in [1.29, 1.82) is 0 Å². The molecule has 1 atom stereocenters. The van der Waals surface area contributed by atoms with Crippen molar-refractivity contribution in [1.82, 2.24) is 4.57 Å². The van der Waals surface area contributed by atoms with E-state index >= 15 is 0 Å². The van der Waals surface area contributed by atoms with E-state index in [1.807, 2.05) is 26.0 Å². The summed E-state index contributed by atoms with van der Waals surface area (Å²) >= 11 is 1.24. The lowest BCUT2D eigenvalue weighted by molar-refractivity contribution is -0.139. The molecule has 2 aromatic heterocycles. The van der Waals surface area contributed by atoms with E-state index in [0.29, 0.717) is 56.6 Å². The van der Waals surface area contributed by atoms with Crippen molar-refractivity contribution >= 4 is 23.4 Å². The molecule has 188 valence electrons. The second-order valence-corrected chi connectivity index (χ2v) is 9.00. The first kappa shape index (κ1) is 25.2. The molecule has 9 heteroatoms. The molecule has 0 aliphatic carbocycles. The van der Waals surface area contributed by atoms with E-state index in [1.165, 1.54) is 15.9 Å². The predicted molar refractivity (Wildman–Crippen MR) is 137 cm³/mol. The van der Waals surface area contributed by atoms with E-state index in [-0.39, 0.29) is 12.2 Å². The number of hydrogen-bond donors (Lipinski definition) is 0. The first-order valence-electron chi connectivity index (χ1n) is 11.6. The minimum absolute atomic E-state index is 0.198. The van der Waals surface area contributed by atoms with Crippen LogP contribution in [0.1, 0.15) is 43.9 Å². The van der Waals surface area contributed by atoms with Gasteiger partial charge in [-0.15, -0.1) is 0 Å². The molecule has 0 saturated carbocycles.